The minimum absolute atomic E-state index is 0.222. The number of nitrogens with zero attached hydrogens (tertiary/aromatic N) is 3. The molecule has 2 aromatic carbocycles. The number of benzene rings is 2. The van der Waals surface area contributed by atoms with Gasteiger partial charge in [0.2, 0.25) is 5.76 Å². The van der Waals surface area contributed by atoms with Gasteiger partial charge in [-0.15, -0.1) is 10.2 Å². The zero-order valence-corrected chi connectivity index (χ0v) is 18.2. The number of esters is 1. The van der Waals surface area contributed by atoms with Gasteiger partial charge in [0.05, 0.1) is 20.0 Å². The maximum Gasteiger partial charge on any atom is 0.374 e. The van der Waals surface area contributed by atoms with Crippen molar-refractivity contribution in [3.8, 4) is 22.8 Å². The second-order valence-corrected chi connectivity index (χ2v) is 7.65. The Morgan fingerprint density at radius 3 is 2.48 bits per heavy atom. The molecule has 2 aromatic heterocycles. The second kappa shape index (κ2) is 9.09. The average Bonchev–Trinajstić information content (AvgIpc) is 3.41. The van der Waals surface area contributed by atoms with E-state index in [1.54, 1.807) is 7.11 Å². The highest BCUT2D eigenvalue weighted by Crippen LogP contribution is 2.31. The molecule has 0 bridgehead atoms. The van der Waals surface area contributed by atoms with Crippen LogP contribution in [0.1, 0.15) is 21.9 Å². The minimum atomic E-state index is -0.485. The van der Waals surface area contributed by atoms with Crippen molar-refractivity contribution in [2.24, 2.45) is 0 Å². The van der Waals surface area contributed by atoms with E-state index in [4.69, 9.17) is 13.9 Å². The lowest BCUT2D eigenvalue weighted by Crippen LogP contribution is -2.00. The Labute approximate surface area is 184 Å². The first-order valence-corrected chi connectivity index (χ1v) is 10.5. The molecule has 4 aromatic rings. The molecule has 0 aliphatic heterocycles. The van der Waals surface area contributed by atoms with Crippen LogP contribution in [0.15, 0.2) is 70.2 Å². The minimum Gasteiger partial charge on any atom is -0.497 e. The SMILES string of the molecule is COC(=O)c1oc(CSc2nnc(-c3ccccc3)n2-c2ccc(OC)cc2)cc1C. The Morgan fingerprint density at radius 1 is 1.06 bits per heavy atom. The maximum atomic E-state index is 11.8. The maximum absolute atomic E-state index is 11.8. The molecule has 158 valence electrons. The highest BCUT2D eigenvalue weighted by atomic mass is 32.2. The molecule has 8 heteroatoms. The summed E-state index contributed by atoms with van der Waals surface area (Å²) in [5, 5.41) is 9.56. The van der Waals surface area contributed by atoms with E-state index in [0.29, 0.717) is 16.7 Å². The van der Waals surface area contributed by atoms with E-state index in [9.17, 15) is 4.79 Å². The molecule has 0 fully saturated rings. The Kier molecular flexibility index (Phi) is 6.08. The number of carbonyl (C=O) groups excluding carboxylic acids is 1. The molecule has 0 saturated carbocycles. The van der Waals surface area contributed by atoms with Crippen molar-refractivity contribution in [2.75, 3.05) is 14.2 Å². The number of aryl methyl sites for hydroxylation is 1. The second-order valence-electron chi connectivity index (χ2n) is 6.71. The number of carbonyl (C=O) groups is 1. The molecule has 0 spiro atoms. The average molecular weight is 436 g/mol. The van der Waals surface area contributed by atoms with Gasteiger partial charge in [-0.3, -0.25) is 4.57 Å². The van der Waals surface area contributed by atoms with Crippen LogP contribution in [0.25, 0.3) is 17.1 Å². The van der Waals surface area contributed by atoms with Crippen LogP contribution >= 0.6 is 11.8 Å². The van der Waals surface area contributed by atoms with Crippen LogP contribution in [0, 0.1) is 6.92 Å². The van der Waals surface area contributed by atoms with Crippen molar-refractivity contribution in [1.29, 1.82) is 0 Å². The molecular weight excluding hydrogens is 414 g/mol. The lowest BCUT2D eigenvalue weighted by molar-refractivity contribution is 0.0562. The van der Waals surface area contributed by atoms with Crippen molar-refractivity contribution in [1.82, 2.24) is 14.8 Å². The summed E-state index contributed by atoms with van der Waals surface area (Å²) in [6, 6.07) is 19.5. The van der Waals surface area contributed by atoms with Crippen LogP contribution in [0.3, 0.4) is 0 Å². The number of furan rings is 1. The molecule has 0 aliphatic carbocycles. The van der Waals surface area contributed by atoms with E-state index < -0.39 is 5.97 Å². The molecule has 4 rings (SSSR count). The van der Waals surface area contributed by atoms with Gasteiger partial charge in [-0.2, -0.15) is 0 Å². The summed E-state index contributed by atoms with van der Waals surface area (Å²) in [5.74, 6) is 2.39. The number of rotatable bonds is 7. The number of methoxy groups -OCH3 is 2. The van der Waals surface area contributed by atoms with Crippen LogP contribution in [-0.4, -0.2) is 35.0 Å². The van der Waals surface area contributed by atoms with Gasteiger partial charge < -0.3 is 13.9 Å². The first kappa shape index (κ1) is 20.7. The van der Waals surface area contributed by atoms with E-state index in [1.165, 1.54) is 18.9 Å². The molecule has 31 heavy (non-hydrogen) atoms. The van der Waals surface area contributed by atoms with Crippen molar-refractivity contribution in [3.05, 3.63) is 77.7 Å². The normalized spacial score (nSPS) is 10.8. The topological polar surface area (TPSA) is 79.4 Å². The van der Waals surface area contributed by atoms with E-state index in [1.807, 2.05) is 72.2 Å². The summed E-state index contributed by atoms with van der Waals surface area (Å²) in [7, 11) is 2.97. The Balaban J connectivity index is 1.67. The van der Waals surface area contributed by atoms with Gasteiger partial charge in [0.15, 0.2) is 11.0 Å². The van der Waals surface area contributed by atoms with Gasteiger partial charge in [-0.05, 0) is 37.3 Å². The first-order chi connectivity index (χ1) is 15.1. The monoisotopic (exact) mass is 435 g/mol. The summed E-state index contributed by atoms with van der Waals surface area (Å²) in [6.45, 7) is 1.82. The molecule has 2 heterocycles. The highest BCUT2D eigenvalue weighted by Gasteiger charge is 2.19. The molecule has 0 unspecified atom stereocenters. The summed E-state index contributed by atoms with van der Waals surface area (Å²) in [5.41, 5.74) is 2.61. The number of aromatic nitrogens is 3. The Morgan fingerprint density at radius 2 is 1.81 bits per heavy atom. The molecular formula is C23H21N3O4S. The molecule has 7 nitrogen and oxygen atoms in total. The van der Waals surface area contributed by atoms with Crippen LogP contribution in [-0.2, 0) is 10.5 Å². The molecule has 0 aliphatic rings. The predicted octanol–water partition coefficient (Wildman–Crippen LogP) is 4.92. The molecule has 0 amide bonds. The molecule has 0 radical (unpaired) electrons. The Hall–Kier alpha value is -3.52. The summed E-state index contributed by atoms with van der Waals surface area (Å²) >= 11 is 1.47. The standard InChI is InChI=1S/C23H21N3O4S/c1-15-13-19(30-20(15)22(27)29-3)14-31-23-25-24-21(16-7-5-4-6-8-16)26(23)17-9-11-18(28-2)12-10-17/h4-13H,14H2,1-3H3. The summed E-state index contributed by atoms with van der Waals surface area (Å²) < 4.78 is 17.7. The molecule has 0 N–H and O–H groups in total. The third-order valence-electron chi connectivity index (χ3n) is 4.68. The number of hydrogen-bond acceptors (Lipinski definition) is 7. The smallest absolute Gasteiger partial charge is 0.374 e. The lowest BCUT2D eigenvalue weighted by atomic mass is 10.2. The van der Waals surface area contributed by atoms with Gasteiger partial charge in [0.1, 0.15) is 11.5 Å². The molecule has 0 atom stereocenters. The summed E-state index contributed by atoms with van der Waals surface area (Å²) in [4.78, 5) is 11.8. The van der Waals surface area contributed by atoms with Gasteiger partial charge in [0, 0.05) is 16.8 Å². The van der Waals surface area contributed by atoms with Crippen molar-refractivity contribution in [2.45, 2.75) is 17.8 Å². The zero-order valence-electron chi connectivity index (χ0n) is 17.4. The third kappa shape index (κ3) is 4.34. The van der Waals surface area contributed by atoms with Crippen molar-refractivity contribution < 1.29 is 18.7 Å². The fourth-order valence-corrected chi connectivity index (χ4v) is 3.99. The van der Waals surface area contributed by atoms with Gasteiger partial charge in [-0.1, -0.05) is 42.1 Å². The van der Waals surface area contributed by atoms with Crippen LogP contribution in [0.2, 0.25) is 0 Å². The van der Waals surface area contributed by atoms with Gasteiger partial charge >= 0.3 is 5.97 Å². The number of thioether (sulfide) groups is 1. The van der Waals surface area contributed by atoms with Crippen molar-refractivity contribution >= 4 is 17.7 Å². The third-order valence-corrected chi connectivity index (χ3v) is 5.63. The predicted molar refractivity (Wildman–Crippen MR) is 118 cm³/mol. The lowest BCUT2D eigenvalue weighted by Gasteiger charge is -2.11. The van der Waals surface area contributed by atoms with Crippen LogP contribution < -0.4 is 4.74 Å². The van der Waals surface area contributed by atoms with Crippen LogP contribution in [0.5, 0.6) is 5.75 Å². The van der Waals surface area contributed by atoms with E-state index in [2.05, 4.69) is 10.2 Å². The zero-order chi connectivity index (χ0) is 21.8. The van der Waals surface area contributed by atoms with Crippen LogP contribution in [0.4, 0.5) is 0 Å². The Bertz CT molecular complexity index is 1180. The van der Waals surface area contributed by atoms with Crippen molar-refractivity contribution in [3.63, 3.8) is 0 Å². The quantitative estimate of drug-likeness (QED) is 0.301. The molecule has 0 saturated heterocycles. The van der Waals surface area contributed by atoms with E-state index in [-0.39, 0.29) is 5.76 Å². The number of ether oxygens (including phenoxy) is 2. The van der Waals surface area contributed by atoms with Gasteiger partial charge in [-0.25, -0.2) is 4.79 Å². The fraction of sp³-hybridized carbons (Fsp3) is 0.174. The van der Waals surface area contributed by atoms with Gasteiger partial charge in [0.25, 0.3) is 0 Å². The van der Waals surface area contributed by atoms with E-state index in [0.717, 1.165) is 28.4 Å². The first-order valence-electron chi connectivity index (χ1n) is 9.56. The summed E-state index contributed by atoms with van der Waals surface area (Å²) in [6.07, 6.45) is 0. The number of hydrogen-bond donors (Lipinski definition) is 0. The largest absolute Gasteiger partial charge is 0.497 e. The van der Waals surface area contributed by atoms with E-state index >= 15 is 0 Å². The highest BCUT2D eigenvalue weighted by molar-refractivity contribution is 7.98. The fourth-order valence-electron chi connectivity index (χ4n) is 3.15.